The van der Waals surface area contributed by atoms with Crippen molar-refractivity contribution in [2.75, 3.05) is 33.9 Å². The summed E-state index contributed by atoms with van der Waals surface area (Å²) < 4.78 is 47.0. The van der Waals surface area contributed by atoms with E-state index in [4.69, 9.17) is 9.47 Å². The lowest BCUT2D eigenvalue weighted by molar-refractivity contribution is -0.153. The highest BCUT2D eigenvalue weighted by molar-refractivity contribution is 14.0. The molecule has 0 unspecified atom stereocenters. The van der Waals surface area contributed by atoms with Crippen molar-refractivity contribution in [2.24, 2.45) is 4.99 Å². The fourth-order valence-corrected chi connectivity index (χ4v) is 2.92. The maximum Gasteiger partial charge on any atom is 0.422 e. The first kappa shape index (κ1) is 28.6. The maximum atomic E-state index is 12.3. The minimum absolute atomic E-state index is 0. The third kappa shape index (κ3) is 10.6. The van der Waals surface area contributed by atoms with Gasteiger partial charge in [-0.15, -0.1) is 24.0 Å². The summed E-state index contributed by atoms with van der Waals surface area (Å²) in [7, 11) is 3.08. The molecule has 0 heterocycles. The Labute approximate surface area is 194 Å². The molecule has 0 aromatic heterocycles. The smallest absolute Gasteiger partial charge is 0.422 e. The van der Waals surface area contributed by atoms with Gasteiger partial charge in [0.15, 0.2) is 24.1 Å². The van der Waals surface area contributed by atoms with Gasteiger partial charge in [-0.05, 0) is 45.4 Å². The lowest BCUT2D eigenvalue weighted by Crippen LogP contribution is -2.45. The van der Waals surface area contributed by atoms with Crippen molar-refractivity contribution in [1.29, 1.82) is 0 Å². The number of rotatable bonds is 10. The molecule has 1 rings (SSSR count). The molecule has 0 saturated heterocycles. The fraction of sp³-hybridized carbons (Fsp3) is 0.650. The van der Waals surface area contributed by atoms with Crippen molar-refractivity contribution in [1.82, 2.24) is 15.5 Å². The topological polar surface area (TPSA) is 58.1 Å². The number of aliphatic imine (C=N–C) groups is 1. The summed E-state index contributed by atoms with van der Waals surface area (Å²) in [5.41, 5.74) is 0.829. The number of benzene rings is 1. The second kappa shape index (κ2) is 13.8. The zero-order valence-electron chi connectivity index (χ0n) is 18.5. The zero-order valence-corrected chi connectivity index (χ0v) is 20.8. The number of alkyl halides is 3. The molecule has 0 bridgehead atoms. The minimum Gasteiger partial charge on any atom is -0.493 e. The van der Waals surface area contributed by atoms with E-state index in [0.717, 1.165) is 18.7 Å². The Morgan fingerprint density at radius 2 is 1.73 bits per heavy atom. The summed E-state index contributed by atoms with van der Waals surface area (Å²) in [5.74, 6) is 0.952. The molecule has 0 aliphatic heterocycles. The van der Waals surface area contributed by atoms with Crippen molar-refractivity contribution >= 4 is 29.9 Å². The quantitative estimate of drug-likeness (QED) is 0.264. The van der Waals surface area contributed by atoms with E-state index >= 15 is 0 Å². The molecule has 10 heteroatoms. The van der Waals surface area contributed by atoms with Crippen LogP contribution in [0.1, 0.15) is 33.3 Å². The summed E-state index contributed by atoms with van der Waals surface area (Å²) in [4.78, 5) is 6.58. The summed E-state index contributed by atoms with van der Waals surface area (Å²) >= 11 is 0. The number of hydrogen-bond acceptors (Lipinski definition) is 4. The zero-order chi connectivity index (χ0) is 22.0. The predicted octanol–water partition coefficient (Wildman–Crippen LogP) is 4.04. The SMILES string of the molecule is CN=C(NCCN(C(C)C)C(C)C)NCc1ccc(OCC(F)(F)F)c(OC)c1.I. The van der Waals surface area contributed by atoms with E-state index in [-0.39, 0.29) is 35.5 Å². The highest BCUT2D eigenvalue weighted by Crippen LogP contribution is 2.29. The summed E-state index contributed by atoms with van der Waals surface area (Å²) in [6.45, 7) is 9.38. The van der Waals surface area contributed by atoms with Gasteiger partial charge in [0.05, 0.1) is 7.11 Å². The largest absolute Gasteiger partial charge is 0.493 e. The van der Waals surface area contributed by atoms with Crippen LogP contribution in [0.15, 0.2) is 23.2 Å². The van der Waals surface area contributed by atoms with E-state index in [0.29, 0.717) is 24.6 Å². The van der Waals surface area contributed by atoms with Crippen LogP contribution in [0.4, 0.5) is 13.2 Å². The Kier molecular flexibility index (Phi) is 13.1. The number of ether oxygens (including phenoxy) is 2. The van der Waals surface area contributed by atoms with E-state index in [1.54, 1.807) is 19.2 Å². The molecule has 1 aromatic carbocycles. The molecular weight excluding hydrogens is 512 g/mol. The Hall–Kier alpha value is -1.43. The molecule has 0 amide bonds. The molecule has 0 aliphatic rings. The molecule has 0 spiro atoms. The first-order chi connectivity index (χ1) is 13.6. The van der Waals surface area contributed by atoms with E-state index in [9.17, 15) is 13.2 Å². The van der Waals surface area contributed by atoms with Gasteiger partial charge in [-0.3, -0.25) is 9.89 Å². The first-order valence-corrected chi connectivity index (χ1v) is 9.64. The number of nitrogens with zero attached hydrogens (tertiary/aromatic N) is 2. The van der Waals surface area contributed by atoms with Gasteiger partial charge in [-0.25, -0.2) is 0 Å². The van der Waals surface area contributed by atoms with Gasteiger partial charge in [0, 0.05) is 38.8 Å². The van der Waals surface area contributed by atoms with Crippen LogP contribution < -0.4 is 20.1 Å². The van der Waals surface area contributed by atoms with E-state index < -0.39 is 12.8 Å². The highest BCUT2D eigenvalue weighted by Gasteiger charge is 2.29. The fourth-order valence-electron chi connectivity index (χ4n) is 2.92. The van der Waals surface area contributed by atoms with Gasteiger partial charge in [-0.2, -0.15) is 13.2 Å². The van der Waals surface area contributed by atoms with Crippen molar-refractivity contribution < 1.29 is 22.6 Å². The van der Waals surface area contributed by atoms with Gasteiger partial charge < -0.3 is 20.1 Å². The Balaban J connectivity index is 0.00000841. The van der Waals surface area contributed by atoms with Crippen LogP contribution in [0.2, 0.25) is 0 Å². The van der Waals surface area contributed by atoms with Gasteiger partial charge in [-0.1, -0.05) is 6.07 Å². The van der Waals surface area contributed by atoms with Gasteiger partial charge in [0.25, 0.3) is 0 Å². The highest BCUT2D eigenvalue weighted by atomic mass is 127. The minimum atomic E-state index is -4.40. The number of halogens is 4. The lowest BCUT2D eigenvalue weighted by Gasteiger charge is -2.30. The van der Waals surface area contributed by atoms with E-state index in [2.05, 4.69) is 48.2 Å². The number of methoxy groups -OCH3 is 1. The summed E-state index contributed by atoms with van der Waals surface area (Å²) in [5, 5.41) is 6.46. The summed E-state index contributed by atoms with van der Waals surface area (Å²) in [6, 6.07) is 5.72. The van der Waals surface area contributed by atoms with Crippen LogP contribution in [0, 0.1) is 0 Å². The van der Waals surface area contributed by atoms with Crippen molar-refractivity contribution in [3.8, 4) is 11.5 Å². The molecule has 0 fully saturated rings. The lowest BCUT2D eigenvalue weighted by atomic mass is 10.2. The molecule has 0 aliphatic carbocycles. The van der Waals surface area contributed by atoms with Crippen LogP contribution in [-0.2, 0) is 6.54 Å². The van der Waals surface area contributed by atoms with Gasteiger partial charge >= 0.3 is 6.18 Å². The van der Waals surface area contributed by atoms with Crippen LogP contribution in [0.25, 0.3) is 0 Å². The van der Waals surface area contributed by atoms with Crippen molar-refractivity contribution in [2.45, 2.75) is 52.5 Å². The molecule has 6 nitrogen and oxygen atoms in total. The molecule has 0 atom stereocenters. The summed E-state index contributed by atoms with van der Waals surface area (Å²) in [6.07, 6.45) is -4.40. The maximum absolute atomic E-state index is 12.3. The molecule has 1 aromatic rings. The molecule has 0 saturated carbocycles. The van der Waals surface area contributed by atoms with Gasteiger partial charge in [0.1, 0.15) is 0 Å². The number of hydrogen-bond donors (Lipinski definition) is 2. The number of guanidine groups is 1. The van der Waals surface area contributed by atoms with Crippen LogP contribution in [0.3, 0.4) is 0 Å². The van der Waals surface area contributed by atoms with E-state index in [1.807, 2.05) is 0 Å². The Bertz CT molecular complexity index is 647. The molecular formula is C20H34F3IN4O2. The standard InChI is InChI=1S/C20H33F3N4O2.HI/c1-14(2)27(15(3)4)10-9-25-19(24-5)26-12-16-7-8-17(18(11-16)28-6)29-13-20(21,22)23;/h7-8,11,14-15H,9-10,12-13H2,1-6H3,(H2,24,25,26);1H. The first-order valence-electron chi connectivity index (χ1n) is 9.64. The third-order valence-electron chi connectivity index (χ3n) is 4.29. The van der Waals surface area contributed by atoms with Crippen molar-refractivity contribution in [3.63, 3.8) is 0 Å². The number of nitrogens with one attached hydrogen (secondary N) is 2. The Morgan fingerprint density at radius 1 is 1.10 bits per heavy atom. The average Bonchev–Trinajstić information content (AvgIpc) is 2.64. The molecule has 2 N–H and O–H groups in total. The monoisotopic (exact) mass is 546 g/mol. The van der Waals surface area contributed by atoms with Crippen LogP contribution >= 0.6 is 24.0 Å². The Morgan fingerprint density at radius 3 is 2.23 bits per heavy atom. The molecule has 0 radical (unpaired) electrons. The molecule has 174 valence electrons. The van der Waals surface area contributed by atoms with Crippen LogP contribution in [-0.4, -0.2) is 63.0 Å². The average molecular weight is 546 g/mol. The van der Waals surface area contributed by atoms with E-state index in [1.165, 1.54) is 13.2 Å². The van der Waals surface area contributed by atoms with Crippen LogP contribution in [0.5, 0.6) is 11.5 Å². The second-order valence-corrected chi connectivity index (χ2v) is 7.17. The van der Waals surface area contributed by atoms with Crippen molar-refractivity contribution in [3.05, 3.63) is 23.8 Å². The second-order valence-electron chi connectivity index (χ2n) is 7.17. The normalized spacial score (nSPS) is 12.2. The third-order valence-corrected chi connectivity index (χ3v) is 4.29. The molecule has 30 heavy (non-hydrogen) atoms. The predicted molar refractivity (Wildman–Crippen MR) is 125 cm³/mol. The van der Waals surface area contributed by atoms with Gasteiger partial charge in [0.2, 0.25) is 0 Å².